The molecule has 6 heteroatoms. The van der Waals surface area contributed by atoms with Gasteiger partial charge in [0.1, 0.15) is 9.74 Å². The number of esters is 1. The lowest BCUT2D eigenvalue weighted by atomic mass is 10.1. The van der Waals surface area contributed by atoms with Crippen LogP contribution in [0.1, 0.15) is 15.9 Å². The zero-order valence-corrected chi connectivity index (χ0v) is 12.2. The molecule has 1 aromatic carbocycles. The van der Waals surface area contributed by atoms with E-state index in [1.165, 1.54) is 19.2 Å². The second-order valence-corrected chi connectivity index (χ2v) is 5.19. The summed E-state index contributed by atoms with van der Waals surface area (Å²) in [5, 5.41) is 2.49. The highest BCUT2D eigenvalue weighted by molar-refractivity contribution is 14.1. The molecule has 1 atom stereocenters. The fourth-order valence-electron chi connectivity index (χ4n) is 1.30. The van der Waals surface area contributed by atoms with Gasteiger partial charge in [-0.2, -0.15) is 0 Å². The highest BCUT2D eigenvalue weighted by atomic mass is 127. The predicted octanol–water partition coefficient (Wildman–Crippen LogP) is 1.84. The molecule has 1 aromatic rings. The van der Waals surface area contributed by atoms with Crippen LogP contribution < -0.4 is 5.32 Å². The Morgan fingerprint density at radius 2 is 2.17 bits per heavy atom. The topological polar surface area (TPSA) is 55.4 Å². The van der Waals surface area contributed by atoms with Crippen molar-refractivity contribution in [3.05, 3.63) is 35.1 Å². The zero-order chi connectivity index (χ0) is 13.7. The van der Waals surface area contributed by atoms with E-state index >= 15 is 0 Å². The zero-order valence-electron chi connectivity index (χ0n) is 10.00. The third-order valence-corrected chi connectivity index (χ3v) is 3.21. The van der Waals surface area contributed by atoms with Crippen LogP contribution in [0.3, 0.4) is 0 Å². The number of carbonyl (C=O) groups excluding carboxylic acids is 2. The van der Waals surface area contributed by atoms with Crippen LogP contribution >= 0.6 is 22.6 Å². The van der Waals surface area contributed by atoms with Gasteiger partial charge in [0.25, 0.3) is 5.91 Å². The summed E-state index contributed by atoms with van der Waals surface area (Å²) < 4.78 is 17.4. The predicted molar refractivity (Wildman–Crippen MR) is 73.3 cm³/mol. The van der Waals surface area contributed by atoms with E-state index in [9.17, 15) is 14.0 Å². The Labute approximate surface area is 118 Å². The molecule has 1 rings (SSSR count). The van der Waals surface area contributed by atoms with Gasteiger partial charge in [0.05, 0.1) is 12.7 Å². The highest BCUT2D eigenvalue weighted by Gasteiger charge is 2.18. The van der Waals surface area contributed by atoms with Crippen molar-refractivity contribution in [2.75, 3.05) is 13.7 Å². The molecule has 0 spiro atoms. The Hall–Kier alpha value is -1.18. The van der Waals surface area contributed by atoms with Crippen molar-refractivity contribution < 1.29 is 18.7 Å². The maximum absolute atomic E-state index is 13.4. The van der Waals surface area contributed by atoms with Gasteiger partial charge in [-0.25, -0.2) is 4.39 Å². The molecule has 0 saturated heterocycles. The lowest BCUT2D eigenvalue weighted by Crippen LogP contribution is -2.34. The van der Waals surface area contributed by atoms with E-state index in [-0.39, 0.29) is 12.1 Å². The van der Waals surface area contributed by atoms with Crippen molar-refractivity contribution in [1.82, 2.24) is 5.32 Å². The molecule has 18 heavy (non-hydrogen) atoms. The third-order valence-electron chi connectivity index (χ3n) is 2.27. The third kappa shape index (κ3) is 3.94. The van der Waals surface area contributed by atoms with Crippen LogP contribution in [-0.2, 0) is 9.53 Å². The number of carbonyl (C=O) groups is 2. The van der Waals surface area contributed by atoms with Gasteiger partial charge in [-0.05, 0) is 19.1 Å². The minimum absolute atomic E-state index is 0.0246. The second kappa shape index (κ2) is 6.67. The molecular weight excluding hydrogens is 352 g/mol. The number of aryl methyl sites for hydroxylation is 1. The van der Waals surface area contributed by atoms with Gasteiger partial charge in [0.15, 0.2) is 0 Å². The van der Waals surface area contributed by atoms with Crippen LogP contribution in [0.4, 0.5) is 4.39 Å². The van der Waals surface area contributed by atoms with E-state index in [1.807, 2.05) is 22.6 Å². The summed E-state index contributed by atoms with van der Waals surface area (Å²) in [5.41, 5.74) is 0.768. The smallest absolute Gasteiger partial charge is 0.320 e. The van der Waals surface area contributed by atoms with E-state index in [0.29, 0.717) is 0 Å². The number of hydrogen-bond acceptors (Lipinski definition) is 3. The monoisotopic (exact) mass is 365 g/mol. The number of benzene rings is 1. The number of hydrogen-bond donors (Lipinski definition) is 1. The Bertz CT molecular complexity index is 465. The molecule has 0 aromatic heterocycles. The molecule has 98 valence electrons. The summed E-state index contributed by atoms with van der Waals surface area (Å²) in [6.45, 7) is 1.87. The summed E-state index contributed by atoms with van der Waals surface area (Å²) >= 11 is 1.85. The fourth-order valence-corrected chi connectivity index (χ4v) is 1.78. The Kier molecular flexibility index (Phi) is 5.52. The lowest BCUT2D eigenvalue weighted by molar-refractivity contribution is -0.139. The number of halogens is 2. The van der Waals surface area contributed by atoms with Crippen molar-refractivity contribution >= 4 is 34.5 Å². The SMILES string of the molecule is COC(=O)C(I)CNC(=O)c1cc(C)ccc1F. The van der Waals surface area contributed by atoms with E-state index in [0.717, 1.165) is 5.56 Å². The molecular formula is C12H13FINO3. The van der Waals surface area contributed by atoms with Crippen molar-refractivity contribution in [1.29, 1.82) is 0 Å². The van der Waals surface area contributed by atoms with Crippen molar-refractivity contribution in [2.24, 2.45) is 0 Å². The molecule has 0 heterocycles. The molecule has 0 radical (unpaired) electrons. The molecule has 0 aliphatic rings. The minimum atomic E-state index is -0.582. The first-order chi connectivity index (χ1) is 8.45. The normalized spacial score (nSPS) is 11.8. The van der Waals surface area contributed by atoms with Gasteiger partial charge in [-0.3, -0.25) is 9.59 Å². The van der Waals surface area contributed by atoms with Crippen molar-refractivity contribution in [2.45, 2.75) is 10.8 Å². The van der Waals surface area contributed by atoms with E-state index in [4.69, 9.17) is 0 Å². The number of amides is 1. The summed E-state index contributed by atoms with van der Waals surface area (Å²) in [6.07, 6.45) is 0. The maximum atomic E-state index is 13.4. The first-order valence-electron chi connectivity index (χ1n) is 5.22. The first-order valence-corrected chi connectivity index (χ1v) is 6.46. The van der Waals surface area contributed by atoms with E-state index < -0.39 is 21.6 Å². The fraction of sp³-hybridized carbons (Fsp3) is 0.333. The number of rotatable bonds is 4. The quantitative estimate of drug-likeness (QED) is 0.503. The molecule has 0 aliphatic heterocycles. The average molecular weight is 365 g/mol. The Balaban J connectivity index is 2.66. The Morgan fingerprint density at radius 3 is 2.78 bits per heavy atom. The van der Waals surface area contributed by atoms with Gasteiger partial charge in [0.2, 0.25) is 0 Å². The van der Waals surface area contributed by atoms with E-state index in [2.05, 4.69) is 10.1 Å². The van der Waals surface area contributed by atoms with Crippen LogP contribution in [-0.4, -0.2) is 29.5 Å². The van der Waals surface area contributed by atoms with Crippen molar-refractivity contribution in [3.63, 3.8) is 0 Å². The standard InChI is InChI=1S/C12H13FINO3/c1-7-3-4-9(13)8(5-7)11(16)15-6-10(14)12(17)18-2/h3-5,10H,6H2,1-2H3,(H,15,16). The summed E-state index contributed by atoms with van der Waals surface area (Å²) in [4.78, 5) is 22.9. The maximum Gasteiger partial charge on any atom is 0.320 e. The minimum Gasteiger partial charge on any atom is -0.468 e. The van der Waals surface area contributed by atoms with E-state index in [1.54, 1.807) is 13.0 Å². The van der Waals surface area contributed by atoms with Crippen LogP contribution in [0, 0.1) is 12.7 Å². The lowest BCUT2D eigenvalue weighted by Gasteiger charge is -2.10. The van der Waals surface area contributed by atoms with Crippen LogP contribution in [0.5, 0.6) is 0 Å². The van der Waals surface area contributed by atoms with Gasteiger partial charge >= 0.3 is 5.97 Å². The molecule has 1 amide bonds. The second-order valence-electron chi connectivity index (χ2n) is 3.68. The number of nitrogens with one attached hydrogen (secondary N) is 1. The largest absolute Gasteiger partial charge is 0.468 e. The molecule has 1 N–H and O–H groups in total. The molecule has 0 aliphatic carbocycles. The molecule has 0 bridgehead atoms. The number of methoxy groups -OCH3 is 1. The van der Waals surface area contributed by atoms with Crippen LogP contribution in [0.2, 0.25) is 0 Å². The summed E-state index contributed by atoms with van der Waals surface area (Å²) in [6, 6.07) is 4.29. The van der Waals surface area contributed by atoms with Gasteiger partial charge < -0.3 is 10.1 Å². The molecule has 1 unspecified atom stereocenters. The Morgan fingerprint density at radius 1 is 1.50 bits per heavy atom. The average Bonchev–Trinajstić information content (AvgIpc) is 2.37. The number of ether oxygens (including phenoxy) is 1. The molecule has 4 nitrogen and oxygen atoms in total. The first kappa shape index (κ1) is 14.9. The molecule has 0 saturated carbocycles. The van der Waals surface area contributed by atoms with Crippen LogP contribution in [0.15, 0.2) is 18.2 Å². The van der Waals surface area contributed by atoms with Crippen LogP contribution in [0.25, 0.3) is 0 Å². The van der Waals surface area contributed by atoms with Crippen molar-refractivity contribution in [3.8, 4) is 0 Å². The molecule has 0 fully saturated rings. The summed E-state index contributed by atoms with van der Waals surface area (Å²) in [5.74, 6) is -1.55. The van der Waals surface area contributed by atoms with Gasteiger partial charge in [-0.15, -0.1) is 0 Å². The number of alkyl halides is 1. The highest BCUT2D eigenvalue weighted by Crippen LogP contribution is 2.10. The van der Waals surface area contributed by atoms with Gasteiger partial charge in [0, 0.05) is 6.54 Å². The van der Waals surface area contributed by atoms with Gasteiger partial charge in [-0.1, -0.05) is 34.2 Å². The summed E-state index contributed by atoms with van der Waals surface area (Å²) in [7, 11) is 1.27.